The number of aliphatic imine (C=N–C) groups is 2. The maximum atomic E-state index is 5.10. The third-order valence-corrected chi connectivity index (χ3v) is 6.42. The van der Waals surface area contributed by atoms with Crippen LogP contribution in [-0.4, -0.2) is 42.6 Å². The molecule has 0 fully saturated rings. The minimum atomic E-state index is -0.102. The molecule has 148 valence electrons. The van der Waals surface area contributed by atoms with E-state index in [0.717, 1.165) is 55.3 Å². The van der Waals surface area contributed by atoms with Crippen LogP contribution >= 0.6 is 0 Å². The molecule has 10 heteroatoms. The van der Waals surface area contributed by atoms with Gasteiger partial charge in [0.1, 0.15) is 22.6 Å². The summed E-state index contributed by atoms with van der Waals surface area (Å²) in [6.45, 7) is 2.04. The zero-order chi connectivity index (χ0) is 21.0. The van der Waals surface area contributed by atoms with Gasteiger partial charge in [0.25, 0.3) is 0 Å². The highest BCUT2D eigenvalue weighted by atomic mass is 15.2. The Labute approximate surface area is 180 Å². The number of pyridine rings is 3. The van der Waals surface area contributed by atoms with E-state index in [4.69, 9.17) is 20.0 Å². The third-order valence-electron chi connectivity index (χ3n) is 6.42. The zero-order valence-electron chi connectivity index (χ0n) is 16.8. The van der Waals surface area contributed by atoms with Gasteiger partial charge >= 0.3 is 6.98 Å². The summed E-state index contributed by atoms with van der Waals surface area (Å²) in [5, 5.41) is 3.89. The second kappa shape index (κ2) is 5.41. The number of aromatic nitrogens is 5. The van der Waals surface area contributed by atoms with Crippen LogP contribution in [0.15, 0.2) is 75.3 Å². The first-order valence-electron chi connectivity index (χ1n) is 10.3. The Morgan fingerprint density at radius 2 is 1.28 bits per heavy atom. The molecule has 0 aromatic carbocycles. The van der Waals surface area contributed by atoms with Crippen LogP contribution in [0.1, 0.15) is 11.1 Å². The van der Waals surface area contributed by atoms with Crippen molar-refractivity contribution in [1.29, 1.82) is 0 Å². The van der Waals surface area contributed by atoms with Crippen molar-refractivity contribution in [2.75, 3.05) is 0 Å². The van der Waals surface area contributed by atoms with Crippen molar-refractivity contribution in [2.45, 2.75) is 6.82 Å². The first-order chi connectivity index (χ1) is 15.8. The molecule has 32 heavy (non-hydrogen) atoms. The molecule has 0 N–H and O–H groups in total. The van der Waals surface area contributed by atoms with E-state index in [2.05, 4.69) is 30.7 Å². The van der Waals surface area contributed by atoms with E-state index in [1.165, 1.54) is 0 Å². The molecule has 0 unspecified atom stereocenters. The summed E-state index contributed by atoms with van der Waals surface area (Å²) >= 11 is 0. The Kier molecular flexibility index (Phi) is 2.75. The monoisotopic (exact) mass is 413 g/mol. The van der Waals surface area contributed by atoms with Crippen LogP contribution in [0.5, 0.6) is 0 Å². The molecule has 9 nitrogen and oxygen atoms in total. The SMILES string of the molecule is CB1n2c3c4cnccc4c2/N=C2N=C(/N=c4/c5ccncc5c(n41)=N3)c1ccncc1\2. The number of hydrogen-bond acceptors (Lipinski definition) is 7. The van der Waals surface area contributed by atoms with Gasteiger partial charge in [0.15, 0.2) is 11.7 Å². The Bertz CT molecular complexity index is 1860. The van der Waals surface area contributed by atoms with Crippen molar-refractivity contribution < 1.29 is 0 Å². The minimum absolute atomic E-state index is 0.102. The molecule has 8 rings (SSSR count). The highest BCUT2D eigenvalue weighted by Gasteiger charge is 2.33. The van der Waals surface area contributed by atoms with E-state index in [1.54, 1.807) is 24.8 Å². The summed E-state index contributed by atoms with van der Waals surface area (Å²) in [5.41, 5.74) is 3.44. The van der Waals surface area contributed by atoms with Crippen LogP contribution in [-0.2, 0) is 0 Å². The molecule has 5 aromatic rings. The highest BCUT2D eigenvalue weighted by molar-refractivity contribution is 6.56. The molecule has 5 aromatic heterocycles. The lowest BCUT2D eigenvalue weighted by atomic mass is 9.78. The number of hydrogen-bond donors (Lipinski definition) is 0. The minimum Gasteiger partial charge on any atom is -0.333 e. The smallest absolute Gasteiger partial charge is 0.333 e. The van der Waals surface area contributed by atoms with E-state index in [-0.39, 0.29) is 6.98 Å². The molecular weight excluding hydrogens is 401 g/mol. The van der Waals surface area contributed by atoms with E-state index in [1.807, 2.05) is 30.6 Å². The van der Waals surface area contributed by atoms with Crippen LogP contribution in [0, 0.1) is 0 Å². The molecule has 0 saturated heterocycles. The quantitative estimate of drug-likeness (QED) is 0.364. The molecule has 3 aliphatic rings. The van der Waals surface area contributed by atoms with Gasteiger partial charge in [0.05, 0.1) is 0 Å². The van der Waals surface area contributed by atoms with Crippen molar-refractivity contribution in [2.24, 2.45) is 20.0 Å². The van der Waals surface area contributed by atoms with Crippen LogP contribution in [0.4, 0.5) is 11.6 Å². The van der Waals surface area contributed by atoms with Crippen molar-refractivity contribution >= 4 is 51.8 Å². The summed E-state index contributed by atoms with van der Waals surface area (Å²) in [5.74, 6) is 2.87. The Hall–Kier alpha value is -4.47. The van der Waals surface area contributed by atoms with Crippen LogP contribution in [0.2, 0.25) is 6.82 Å². The fourth-order valence-corrected chi connectivity index (χ4v) is 4.99. The summed E-state index contributed by atoms with van der Waals surface area (Å²) in [7, 11) is 0. The average molecular weight is 413 g/mol. The Morgan fingerprint density at radius 3 is 2.19 bits per heavy atom. The molecule has 0 saturated carbocycles. The van der Waals surface area contributed by atoms with Crippen LogP contribution < -0.4 is 11.0 Å². The van der Waals surface area contributed by atoms with E-state index < -0.39 is 0 Å². The predicted molar refractivity (Wildman–Crippen MR) is 121 cm³/mol. The van der Waals surface area contributed by atoms with Crippen molar-refractivity contribution in [1.82, 2.24) is 23.9 Å². The van der Waals surface area contributed by atoms with Crippen LogP contribution in [0.25, 0.3) is 21.5 Å². The number of fused-ring (bicyclic) bond motifs is 10. The molecule has 8 heterocycles. The van der Waals surface area contributed by atoms with Gasteiger partial charge in [-0.2, -0.15) is 0 Å². The van der Waals surface area contributed by atoms with Gasteiger partial charge in [0, 0.05) is 69.9 Å². The largest absolute Gasteiger partial charge is 0.386 e. The standard InChI is InChI=1S/C22H12BN9/c1-23-31-19-12-3-6-25-9-15(12)21(31)30-22-16-10-26-7-4-13(16)20(32(22)23)29-18-14-8-24-5-2-11(14)17(27-18)28-19/h2-10H,1H3/b28-17?,28-19-,29-18-,29-20?. The van der Waals surface area contributed by atoms with Crippen LogP contribution in [0.3, 0.4) is 0 Å². The van der Waals surface area contributed by atoms with Gasteiger partial charge in [-0.25, -0.2) is 20.0 Å². The van der Waals surface area contributed by atoms with Gasteiger partial charge in [-0.1, -0.05) is 0 Å². The first-order valence-corrected chi connectivity index (χ1v) is 10.3. The second-order valence-corrected chi connectivity index (χ2v) is 8.02. The molecule has 0 spiro atoms. The maximum Gasteiger partial charge on any atom is 0.386 e. The van der Waals surface area contributed by atoms with E-state index in [9.17, 15) is 0 Å². The fourth-order valence-electron chi connectivity index (χ4n) is 4.99. The summed E-state index contributed by atoms with van der Waals surface area (Å²) < 4.78 is 4.30. The summed E-state index contributed by atoms with van der Waals surface area (Å²) in [6.07, 6.45) is 10.8. The Balaban J connectivity index is 1.69. The summed E-state index contributed by atoms with van der Waals surface area (Å²) in [6, 6.07) is 5.91. The number of amidine groups is 2. The maximum absolute atomic E-state index is 5.10. The summed E-state index contributed by atoms with van der Waals surface area (Å²) in [4.78, 5) is 33.1. The molecule has 4 bridgehead atoms. The normalized spacial score (nSPS) is 17.9. The lowest BCUT2D eigenvalue weighted by molar-refractivity contribution is 0.920. The van der Waals surface area contributed by atoms with Gasteiger partial charge < -0.3 is 8.96 Å². The second-order valence-electron chi connectivity index (χ2n) is 8.02. The van der Waals surface area contributed by atoms with Gasteiger partial charge in [-0.3, -0.25) is 15.0 Å². The topological polar surface area (TPSA) is 98.0 Å². The first kappa shape index (κ1) is 16.3. The molecule has 3 aliphatic heterocycles. The lowest BCUT2D eigenvalue weighted by Crippen LogP contribution is -2.46. The van der Waals surface area contributed by atoms with E-state index in [0.29, 0.717) is 11.7 Å². The molecule has 0 amide bonds. The molecule has 0 radical (unpaired) electrons. The number of nitrogens with zero attached hydrogens (tertiary/aromatic N) is 9. The van der Waals surface area contributed by atoms with Crippen molar-refractivity contribution in [3.63, 3.8) is 0 Å². The zero-order valence-corrected chi connectivity index (χ0v) is 16.8. The Morgan fingerprint density at radius 1 is 0.594 bits per heavy atom. The van der Waals surface area contributed by atoms with Crippen molar-refractivity contribution in [3.05, 3.63) is 77.5 Å². The predicted octanol–water partition coefficient (Wildman–Crippen LogP) is 2.03. The molecule has 0 aliphatic carbocycles. The average Bonchev–Trinajstić information content (AvgIpc) is 3.45. The lowest BCUT2D eigenvalue weighted by Gasteiger charge is -2.20. The third kappa shape index (κ3) is 1.80. The van der Waals surface area contributed by atoms with E-state index >= 15 is 0 Å². The fraction of sp³-hybridized carbons (Fsp3) is 0.0455. The van der Waals surface area contributed by atoms with Crippen molar-refractivity contribution in [3.8, 4) is 0 Å². The van der Waals surface area contributed by atoms with Gasteiger partial charge in [0.2, 0.25) is 0 Å². The molecule has 0 atom stereocenters. The van der Waals surface area contributed by atoms with Gasteiger partial charge in [-0.05, 0) is 25.0 Å². The number of rotatable bonds is 0. The highest BCUT2D eigenvalue weighted by Crippen LogP contribution is 2.40. The van der Waals surface area contributed by atoms with Gasteiger partial charge in [-0.15, -0.1) is 0 Å². The molecular formula is C22H12BN9.